The predicted molar refractivity (Wildman–Crippen MR) is 123 cm³/mol. The van der Waals surface area contributed by atoms with Gasteiger partial charge in [-0.2, -0.15) is 5.26 Å². The van der Waals surface area contributed by atoms with Gasteiger partial charge in [-0.25, -0.2) is 8.78 Å². The molecule has 0 unspecified atom stereocenters. The number of rotatable bonds is 5. The first-order valence-corrected chi connectivity index (χ1v) is 10.6. The number of nitrogens with one attached hydrogen (secondary N) is 1. The van der Waals surface area contributed by atoms with E-state index in [-0.39, 0.29) is 0 Å². The molecule has 2 amide bonds. The Labute approximate surface area is 194 Å². The molecule has 2 aromatic heterocycles. The van der Waals surface area contributed by atoms with Crippen LogP contribution in [0.1, 0.15) is 35.0 Å². The molecule has 1 aliphatic heterocycles. The molecule has 7 nitrogen and oxygen atoms in total. The fourth-order valence-corrected chi connectivity index (χ4v) is 3.90. The topological polar surface area (TPSA) is 99.0 Å². The van der Waals surface area contributed by atoms with E-state index in [0.29, 0.717) is 16.5 Å². The average molecular weight is 461 g/mol. The molecular formula is C25H21F2N5O2. The zero-order valence-corrected chi connectivity index (χ0v) is 18.3. The van der Waals surface area contributed by atoms with Crippen LogP contribution in [-0.2, 0) is 4.79 Å². The summed E-state index contributed by atoms with van der Waals surface area (Å²) in [4.78, 5) is 34.7. The molecule has 34 heavy (non-hydrogen) atoms. The third kappa shape index (κ3) is 4.91. The number of carbonyl (C=O) groups excluding carboxylic acids is 2. The molecule has 172 valence electrons. The van der Waals surface area contributed by atoms with Crippen molar-refractivity contribution in [2.75, 3.05) is 13.1 Å². The Bertz CT molecular complexity index is 1320. The number of carbonyl (C=O) groups is 2. The van der Waals surface area contributed by atoms with Crippen LogP contribution >= 0.6 is 0 Å². The molecule has 0 radical (unpaired) electrons. The third-order valence-corrected chi connectivity index (χ3v) is 5.63. The van der Waals surface area contributed by atoms with E-state index in [0.717, 1.165) is 21.7 Å². The molecule has 0 spiro atoms. The number of likely N-dealkylation sites (tertiary alicyclic amines) is 1. The maximum Gasteiger partial charge on any atom is 0.268 e. The highest BCUT2D eigenvalue weighted by atomic mass is 19.3. The first kappa shape index (κ1) is 23.0. The van der Waals surface area contributed by atoms with Gasteiger partial charge in [0, 0.05) is 24.2 Å². The van der Waals surface area contributed by atoms with E-state index in [9.17, 15) is 18.4 Å². The number of pyridine rings is 2. The number of fused-ring (bicyclic) bond motifs is 1. The Morgan fingerprint density at radius 3 is 2.79 bits per heavy atom. The average Bonchev–Trinajstić information content (AvgIpc) is 3.16. The SMILES string of the molecule is C/C(=C\c1ccccn1)c1ccc2nccc(C(=O)NCC(=O)N3CC(F)(F)C[C@H]3C#N)c2c1. The van der Waals surface area contributed by atoms with Crippen LogP contribution in [0.5, 0.6) is 0 Å². The number of amides is 2. The normalized spacial score (nSPS) is 17.4. The summed E-state index contributed by atoms with van der Waals surface area (Å²) in [6.45, 7) is 0.612. The largest absolute Gasteiger partial charge is 0.343 e. The van der Waals surface area contributed by atoms with Crippen LogP contribution in [0, 0.1) is 11.3 Å². The number of nitriles is 1. The minimum absolute atomic E-state index is 0.300. The van der Waals surface area contributed by atoms with E-state index in [2.05, 4.69) is 15.3 Å². The Hall–Kier alpha value is -4.19. The van der Waals surface area contributed by atoms with E-state index in [1.54, 1.807) is 18.3 Å². The van der Waals surface area contributed by atoms with Crippen LogP contribution in [0.3, 0.4) is 0 Å². The van der Waals surface area contributed by atoms with E-state index in [4.69, 9.17) is 5.26 Å². The molecule has 1 fully saturated rings. The molecule has 1 atom stereocenters. The lowest BCUT2D eigenvalue weighted by Gasteiger charge is -2.19. The van der Waals surface area contributed by atoms with Gasteiger partial charge in [0.25, 0.3) is 11.8 Å². The molecule has 1 aliphatic rings. The van der Waals surface area contributed by atoms with Gasteiger partial charge >= 0.3 is 0 Å². The molecule has 1 aromatic carbocycles. The Morgan fingerprint density at radius 1 is 1.24 bits per heavy atom. The molecule has 0 saturated carbocycles. The number of nitrogens with zero attached hydrogens (tertiary/aromatic N) is 4. The van der Waals surface area contributed by atoms with Gasteiger partial charge in [-0.1, -0.05) is 12.1 Å². The maximum absolute atomic E-state index is 13.6. The van der Waals surface area contributed by atoms with Crippen LogP contribution in [0.4, 0.5) is 8.78 Å². The molecular weight excluding hydrogens is 440 g/mol. The van der Waals surface area contributed by atoms with Crippen molar-refractivity contribution in [1.29, 1.82) is 5.26 Å². The number of benzene rings is 1. The molecule has 1 saturated heterocycles. The summed E-state index contributed by atoms with van der Waals surface area (Å²) in [6.07, 6.45) is 4.41. The van der Waals surface area contributed by atoms with Crippen LogP contribution < -0.4 is 5.32 Å². The number of aromatic nitrogens is 2. The summed E-state index contributed by atoms with van der Waals surface area (Å²) >= 11 is 0. The van der Waals surface area contributed by atoms with Gasteiger partial charge in [0.2, 0.25) is 5.91 Å². The Kier molecular flexibility index (Phi) is 6.32. The molecule has 4 rings (SSSR count). The van der Waals surface area contributed by atoms with Crippen molar-refractivity contribution in [3.8, 4) is 6.07 Å². The van der Waals surface area contributed by atoms with Crippen molar-refractivity contribution in [3.05, 3.63) is 71.7 Å². The molecule has 3 aromatic rings. The smallest absolute Gasteiger partial charge is 0.268 e. The quantitative estimate of drug-likeness (QED) is 0.625. The van der Waals surface area contributed by atoms with Crippen LogP contribution in [-0.4, -0.2) is 51.7 Å². The molecule has 9 heteroatoms. The zero-order chi connectivity index (χ0) is 24.3. The van der Waals surface area contributed by atoms with Crippen LogP contribution in [0.25, 0.3) is 22.6 Å². The summed E-state index contributed by atoms with van der Waals surface area (Å²) in [5, 5.41) is 12.2. The highest BCUT2D eigenvalue weighted by Gasteiger charge is 2.47. The lowest BCUT2D eigenvalue weighted by atomic mass is 10.0. The first-order chi connectivity index (χ1) is 16.3. The second-order valence-corrected chi connectivity index (χ2v) is 8.08. The van der Waals surface area contributed by atoms with E-state index < -0.39 is 43.3 Å². The Balaban J connectivity index is 1.54. The van der Waals surface area contributed by atoms with Gasteiger partial charge < -0.3 is 10.2 Å². The van der Waals surface area contributed by atoms with Crippen molar-refractivity contribution in [2.24, 2.45) is 0 Å². The second kappa shape index (κ2) is 9.35. The van der Waals surface area contributed by atoms with Crippen LogP contribution in [0.2, 0.25) is 0 Å². The number of hydrogen-bond acceptors (Lipinski definition) is 5. The van der Waals surface area contributed by atoms with Crippen molar-refractivity contribution >= 4 is 34.4 Å². The highest BCUT2D eigenvalue weighted by Crippen LogP contribution is 2.31. The fraction of sp³-hybridized carbons (Fsp3) is 0.240. The molecule has 0 aliphatic carbocycles. The van der Waals surface area contributed by atoms with Crippen molar-refractivity contribution in [1.82, 2.24) is 20.2 Å². The van der Waals surface area contributed by atoms with Crippen molar-refractivity contribution in [2.45, 2.75) is 25.3 Å². The lowest BCUT2D eigenvalue weighted by Crippen LogP contribution is -2.43. The van der Waals surface area contributed by atoms with E-state index in [1.807, 2.05) is 43.3 Å². The van der Waals surface area contributed by atoms with Gasteiger partial charge in [0.1, 0.15) is 6.04 Å². The Morgan fingerprint density at radius 2 is 2.06 bits per heavy atom. The first-order valence-electron chi connectivity index (χ1n) is 10.6. The fourth-order valence-electron chi connectivity index (χ4n) is 3.90. The summed E-state index contributed by atoms with van der Waals surface area (Å²) in [5.74, 6) is -4.38. The van der Waals surface area contributed by atoms with Crippen molar-refractivity contribution < 1.29 is 18.4 Å². The standard InChI is InChI=1S/C25H21F2N5O2/c1-16(10-18-4-2-3-8-29-18)17-5-6-22-21(11-17)20(7-9-30-22)24(34)31-14-23(33)32-15-25(26,27)12-19(32)13-28/h2-11,19H,12,14-15H2,1H3,(H,31,34)/b16-10+/t19-/m0/s1. The minimum Gasteiger partial charge on any atom is -0.343 e. The van der Waals surface area contributed by atoms with Gasteiger partial charge in [0.05, 0.1) is 35.9 Å². The van der Waals surface area contributed by atoms with Gasteiger partial charge in [-0.15, -0.1) is 0 Å². The monoisotopic (exact) mass is 461 g/mol. The molecule has 3 heterocycles. The lowest BCUT2D eigenvalue weighted by molar-refractivity contribution is -0.131. The van der Waals surface area contributed by atoms with Gasteiger partial charge in [-0.05, 0) is 54.5 Å². The number of halogens is 2. The third-order valence-electron chi connectivity index (χ3n) is 5.63. The zero-order valence-electron chi connectivity index (χ0n) is 18.3. The van der Waals surface area contributed by atoms with E-state index >= 15 is 0 Å². The number of alkyl halides is 2. The maximum atomic E-state index is 13.6. The number of hydrogen-bond donors (Lipinski definition) is 1. The minimum atomic E-state index is -3.11. The number of allylic oxidation sites excluding steroid dienone is 1. The van der Waals surface area contributed by atoms with E-state index in [1.165, 1.54) is 12.3 Å². The van der Waals surface area contributed by atoms with Gasteiger partial charge in [-0.3, -0.25) is 19.6 Å². The predicted octanol–water partition coefficient (Wildman–Crippen LogP) is 3.68. The highest BCUT2D eigenvalue weighted by molar-refractivity contribution is 6.07. The van der Waals surface area contributed by atoms with Crippen molar-refractivity contribution in [3.63, 3.8) is 0 Å². The summed E-state index contributed by atoms with van der Waals surface area (Å²) < 4.78 is 27.2. The summed E-state index contributed by atoms with van der Waals surface area (Å²) in [6, 6.07) is 13.2. The summed E-state index contributed by atoms with van der Waals surface area (Å²) in [7, 11) is 0. The molecule has 0 bridgehead atoms. The van der Waals surface area contributed by atoms with Gasteiger partial charge in [0.15, 0.2) is 0 Å². The van der Waals surface area contributed by atoms with Crippen LogP contribution in [0.15, 0.2) is 54.9 Å². The molecule has 1 N–H and O–H groups in total. The summed E-state index contributed by atoms with van der Waals surface area (Å²) in [5.41, 5.74) is 3.49. The second-order valence-electron chi connectivity index (χ2n) is 8.08.